The Morgan fingerprint density at radius 1 is 1.28 bits per heavy atom. The number of aliphatic hydroxyl groups is 1. The Balaban J connectivity index is 1.49. The molecular formula is C19H26N4O2. The molecule has 0 bridgehead atoms. The van der Waals surface area contributed by atoms with Gasteiger partial charge in [0.1, 0.15) is 5.60 Å². The summed E-state index contributed by atoms with van der Waals surface area (Å²) in [5.74, 6) is 0.133. The van der Waals surface area contributed by atoms with Crippen molar-refractivity contribution in [2.75, 3.05) is 25.0 Å². The first-order valence-corrected chi connectivity index (χ1v) is 8.78. The van der Waals surface area contributed by atoms with Gasteiger partial charge in [0.2, 0.25) is 5.91 Å². The molecule has 6 heteroatoms. The minimum Gasteiger partial charge on any atom is -0.384 e. The summed E-state index contributed by atoms with van der Waals surface area (Å²) in [4.78, 5) is 14.3. The van der Waals surface area contributed by atoms with Crippen LogP contribution in [0.4, 0.5) is 5.69 Å². The van der Waals surface area contributed by atoms with Gasteiger partial charge in [0, 0.05) is 45.0 Å². The lowest BCUT2D eigenvalue weighted by Crippen LogP contribution is -2.46. The third kappa shape index (κ3) is 3.85. The zero-order valence-electron chi connectivity index (χ0n) is 14.9. The summed E-state index contributed by atoms with van der Waals surface area (Å²) in [6.45, 7) is 3.82. The van der Waals surface area contributed by atoms with E-state index in [2.05, 4.69) is 10.4 Å². The minimum absolute atomic E-state index is 0.133. The Kier molecular flexibility index (Phi) is 5.08. The van der Waals surface area contributed by atoms with E-state index >= 15 is 0 Å². The van der Waals surface area contributed by atoms with Crippen molar-refractivity contribution in [1.29, 1.82) is 0 Å². The Labute approximate surface area is 148 Å². The molecule has 0 aliphatic carbocycles. The maximum atomic E-state index is 12.4. The SMILES string of the molecule is Cc1ccccc1NCCC(=O)N1CCC(O)(c2ccnn2C)CC1. The van der Waals surface area contributed by atoms with E-state index in [1.165, 1.54) is 5.56 Å². The van der Waals surface area contributed by atoms with Crippen LogP contribution in [-0.2, 0) is 17.4 Å². The number of benzene rings is 1. The number of rotatable bonds is 5. The van der Waals surface area contributed by atoms with Crippen molar-refractivity contribution in [2.45, 2.75) is 31.8 Å². The molecule has 134 valence electrons. The molecule has 0 atom stereocenters. The van der Waals surface area contributed by atoms with Crippen LogP contribution in [0.1, 0.15) is 30.5 Å². The van der Waals surface area contributed by atoms with Crippen LogP contribution >= 0.6 is 0 Å². The first kappa shape index (κ1) is 17.5. The smallest absolute Gasteiger partial charge is 0.224 e. The highest BCUT2D eigenvalue weighted by atomic mass is 16.3. The van der Waals surface area contributed by atoms with Crippen LogP contribution in [0.2, 0.25) is 0 Å². The summed E-state index contributed by atoms with van der Waals surface area (Å²) in [5.41, 5.74) is 2.18. The summed E-state index contributed by atoms with van der Waals surface area (Å²) in [7, 11) is 1.84. The fourth-order valence-electron chi connectivity index (χ4n) is 3.45. The average Bonchev–Trinajstić information content (AvgIpc) is 3.04. The molecule has 0 radical (unpaired) electrons. The lowest BCUT2D eigenvalue weighted by atomic mass is 9.88. The first-order chi connectivity index (χ1) is 12.0. The van der Waals surface area contributed by atoms with Crippen LogP contribution in [0, 0.1) is 6.92 Å². The third-order valence-corrected chi connectivity index (χ3v) is 5.04. The maximum Gasteiger partial charge on any atom is 0.224 e. The van der Waals surface area contributed by atoms with Crippen LogP contribution < -0.4 is 5.32 Å². The number of hydrogen-bond donors (Lipinski definition) is 2. The largest absolute Gasteiger partial charge is 0.384 e. The monoisotopic (exact) mass is 342 g/mol. The fourth-order valence-corrected chi connectivity index (χ4v) is 3.45. The maximum absolute atomic E-state index is 12.4. The molecule has 2 aromatic rings. The molecule has 1 amide bonds. The van der Waals surface area contributed by atoms with Gasteiger partial charge in [0.15, 0.2) is 0 Å². The summed E-state index contributed by atoms with van der Waals surface area (Å²) in [6, 6.07) is 9.91. The molecule has 0 saturated carbocycles. The number of carbonyl (C=O) groups is 1. The van der Waals surface area contributed by atoms with Gasteiger partial charge in [-0.05, 0) is 37.5 Å². The molecule has 0 unspecified atom stereocenters. The number of nitrogens with zero attached hydrogens (tertiary/aromatic N) is 3. The standard InChI is InChI=1S/C19H26N4O2/c1-15-5-3-4-6-16(15)20-11-8-18(24)23-13-9-19(25,10-14-23)17-7-12-21-22(17)2/h3-7,12,20,25H,8-11,13-14H2,1-2H3. The van der Waals surface area contributed by atoms with E-state index in [1.54, 1.807) is 10.9 Å². The predicted molar refractivity (Wildman–Crippen MR) is 97.2 cm³/mol. The van der Waals surface area contributed by atoms with Crippen molar-refractivity contribution in [3.8, 4) is 0 Å². The fraction of sp³-hybridized carbons (Fsp3) is 0.474. The summed E-state index contributed by atoms with van der Waals surface area (Å²) >= 11 is 0. The molecule has 1 aliphatic heterocycles. The van der Waals surface area contributed by atoms with Gasteiger partial charge < -0.3 is 15.3 Å². The predicted octanol–water partition coefficient (Wildman–Crippen LogP) is 2.04. The zero-order valence-corrected chi connectivity index (χ0v) is 14.9. The van der Waals surface area contributed by atoms with E-state index in [-0.39, 0.29) is 5.91 Å². The molecular weight excluding hydrogens is 316 g/mol. The molecule has 1 aliphatic rings. The van der Waals surface area contributed by atoms with E-state index in [1.807, 2.05) is 49.2 Å². The molecule has 1 saturated heterocycles. The number of anilines is 1. The normalized spacial score (nSPS) is 16.7. The van der Waals surface area contributed by atoms with Crippen LogP contribution in [0.5, 0.6) is 0 Å². The van der Waals surface area contributed by atoms with Crippen molar-refractivity contribution in [2.24, 2.45) is 7.05 Å². The van der Waals surface area contributed by atoms with E-state index in [9.17, 15) is 9.90 Å². The second-order valence-corrected chi connectivity index (χ2v) is 6.74. The van der Waals surface area contributed by atoms with Crippen LogP contribution in [0.15, 0.2) is 36.5 Å². The van der Waals surface area contributed by atoms with E-state index in [0.717, 1.165) is 11.4 Å². The number of aryl methyl sites for hydroxylation is 2. The number of para-hydroxylation sites is 1. The van der Waals surface area contributed by atoms with Gasteiger partial charge in [-0.15, -0.1) is 0 Å². The van der Waals surface area contributed by atoms with E-state index in [4.69, 9.17) is 0 Å². The lowest BCUT2D eigenvalue weighted by Gasteiger charge is -2.38. The Morgan fingerprint density at radius 2 is 2.00 bits per heavy atom. The van der Waals surface area contributed by atoms with Crippen LogP contribution in [0.25, 0.3) is 0 Å². The van der Waals surface area contributed by atoms with Gasteiger partial charge in [-0.25, -0.2) is 0 Å². The van der Waals surface area contributed by atoms with Crippen LogP contribution in [0.3, 0.4) is 0 Å². The van der Waals surface area contributed by atoms with E-state index < -0.39 is 5.60 Å². The molecule has 3 rings (SSSR count). The topological polar surface area (TPSA) is 70.4 Å². The van der Waals surface area contributed by atoms with Gasteiger partial charge in [-0.2, -0.15) is 5.10 Å². The second-order valence-electron chi connectivity index (χ2n) is 6.74. The van der Waals surface area contributed by atoms with Crippen LogP contribution in [-0.4, -0.2) is 45.3 Å². The first-order valence-electron chi connectivity index (χ1n) is 8.78. The van der Waals surface area contributed by atoms with E-state index in [0.29, 0.717) is 38.9 Å². The third-order valence-electron chi connectivity index (χ3n) is 5.04. The summed E-state index contributed by atoms with van der Waals surface area (Å²) in [5, 5.41) is 18.3. The Morgan fingerprint density at radius 3 is 2.64 bits per heavy atom. The number of amides is 1. The number of nitrogens with one attached hydrogen (secondary N) is 1. The highest BCUT2D eigenvalue weighted by Crippen LogP contribution is 2.32. The van der Waals surface area contributed by atoms with Crippen molar-refractivity contribution >= 4 is 11.6 Å². The molecule has 2 N–H and O–H groups in total. The highest BCUT2D eigenvalue weighted by Gasteiger charge is 2.37. The average molecular weight is 342 g/mol. The summed E-state index contributed by atoms with van der Waals surface area (Å²) in [6.07, 6.45) is 3.24. The quantitative estimate of drug-likeness (QED) is 0.872. The Hall–Kier alpha value is -2.34. The van der Waals surface area contributed by atoms with Gasteiger partial charge in [0.25, 0.3) is 0 Å². The number of carbonyl (C=O) groups excluding carboxylic acids is 1. The molecule has 2 heterocycles. The van der Waals surface area contributed by atoms with Crippen molar-refractivity contribution < 1.29 is 9.90 Å². The second kappa shape index (κ2) is 7.27. The minimum atomic E-state index is -0.887. The highest BCUT2D eigenvalue weighted by molar-refractivity contribution is 5.77. The zero-order chi connectivity index (χ0) is 17.9. The van der Waals surface area contributed by atoms with Gasteiger partial charge in [0.05, 0.1) is 5.69 Å². The Bertz CT molecular complexity index is 733. The molecule has 25 heavy (non-hydrogen) atoms. The molecule has 1 aromatic carbocycles. The number of aromatic nitrogens is 2. The lowest BCUT2D eigenvalue weighted by molar-refractivity contribution is -0.135. The van der Waals surface area contributed by atoms with Gasteiger partial charge >= 0.3 is 0 Å². The van der Waals surface area contributed by atoms with Gasteiger partial charge in [-0.3, -0.25) is 9.48 Å². The summed E-state index contributed by atoms with van der Waals surface area (Å²) < 4.78 is 1.71. The number of likely N-dealkylation sites (tertiary alicyclic amines) is 1. The molecule has 1 fully saturated rings. The number of piperidine rings is 1. The number of hydrogen-bond acceptors (Lipinski definition) is 4. The molecule has 6 nitrogen and oxygen atoms in total. The van der Waals surface area contributed by atoms with Crippen molar-refractivity contribution in [3.63, 3.8) is 0 Å². The molecule has 0 spiro atoms. The van der Waals surface area contributed by atoms with Gasteiger partial charge in [-0.1, -0.05) is 18.2 Å². The van der Waals surface area contributed by atoms with Crippen molar-refractivity contribution in [1.82, 2.24) is 14.7 Å². The molecule has 1 aromatic heterocycles. The van der Waals surface area contributed by atoms with Crippen molar-refractivity contribution in [3.05, 3.63) is 47.8 Å².